The van der Waals surface area contributed by atoms with Gasteiger partial charge in [0.05, 0.1) is 6.10 Å². The van der Waals surface area contributed by atoms with Gasteiger partial charge in [-0.05, 0) is 17.5 Å². The number of hydrogen-bond donors (Lipinski definition) is 3. The van der Waals surface area contributed by atoms with Gasteiger partial charge >= 0.3 is 6.03 Å². The van der Waals surface area contributed by atoms with Gasteiger partial charge in [-0.2, -0.15) is 0 Å². The number of hydrogen-bond acceptors (Lipinski definition) is 5. The number of benzene rings is 1. The number of aliphatic hydroxyl groups excluding tert-OH is 1. The van der Waals surface area contributed by atoms with Crippen LogP contribution in [0.4, 0.5) is 4.79 Å². The van der Waals surface area contributed by atoms with Crippen molar-refractivity contribution in [3.63, 3.8) is 0 Å². The fourth-order valence-corrected chi connectivity index (χ4v) is 1.89. The molecule has 0 radical (unpaired) electrons. The zero-order chi connectivity index (χ0) is 17.6. The molecule has 1 unspecified atom stereocenters. The van der Waals surface area contributed by atoms with E-state index in [1.807, 2.05) is 51.1 Å². The van der Waals surface area contributed by atoms with Crippen LogP contribution in [0.15, 0.2) is 34.7 Å². The molecule has 2 amide bonds. The van der Waals surface area contributed by atoms with Crippen LogP contribution in [0.25, 0.3) is 11.5 Å². The predicted octanol–water partition coefficient (Wildman–Crippen LogP) is 1.99. The third-order valence-electron chi connectivity index (χ3n) is 3.57. The van der Waals surface area contributed by atoms with Crippen LogP contribution in [-0.4, -0.2) is 40.5 Å². The number of aromatic nitrogens is 2. The van der Waals surface area contributed by atoms with Gasteiger partial charge in [-0.15, -0.1) is 10.2 Å². The topological polar surface area (TPSA) is 100 Å². The molecule has 0 bridgehead atoms. The monoisotopic (exact) mass is 332 g/mol. The molecule has 2 aromatic rings. The number of nitrogens with one attached hydrogen (secondary N) is 2. The Balaban J connectivity index is 1.73. The lowest BCUT2D eigenvalue weighted by Gasteiger charge is -2.25. The molecule has 1 atom stereocenters. The Morgan fingerprint density at radius 3 is 2.58 bits per heavy atom. The van der Waals surface area contributed by atoms with Crippen LogP contribution in [-0.2, 0) is 6.42 Å². The van der Waals surface area contributed by atoms with E-state index in [0.29, 0.717) is 24.7 Å². The van der Waals surface area contributed by atoms with Gasteiger partial charge < -0.3 is 20.2 Å². The van der Waals surface area contributed by atoms with Crippen LogP contribution in [0.3, 0.4) is 0 Å². The molecule has 24 heavy (non-hydrogen) atoms. The second-order valence-corrected chi connectivity index (χ2v) is 6.64. The normalized spacial score (nSPS) is 12.7. The smallest absolute Gasteiger partial charge is 0.314 e. The maximum absolute atomic E-state index is 11.7. The molecule has 0 aliphatic rings. The number of rotatable bonds is 6. The highest BCUT2D eigenvalue weighted by atomic mass is 16.4. The lowest BCUT2D eigenvalue weighted by Crippen LogP contribution is -2.44. The number of amides is 2. The zero-order valence-corrected chi connectivity index (χ0v) is 14.2. The van der Waals surface area contributed by atoms with Crippen molar-refractivity contribution in [2.75, 3.05) is 13.1 Å². The largest absolute Gasteiger partial charge is 0.421 e. The fraction of sp³-hybridized carbons (Fsp3) is 0.471. The second kappa shape index (κ2) is 7.92. The Labute approximate surface area is 141 Å². The number of carbonyl (C=O) groups excluding carboxylic acids is 1. The van der Waals surface area contributed by atoms with Crippen LogP contribution in [0, 0.1) is 5.41 Å². The van der Waals surface area contributed by atoms with Crippen LogP contribution in [0.1, 0.15) is 26.7 Å². The standard InChI is InChI=1S/C17H24N4O3/c1-17(2,3)13(22)11-19-16(23)18-10-9-14-20-21-15(24-14)12-7-5-4-6-8-12/h4-8,13,22H,9-11H2,1-3H3,(H2,18,19,23). The van der Waals surface area contributed by atoms with Crippen LogP contribution in [0.5, 0.6) is 0 Å². The van der Waals surface area contributed by atoms with E-state index in [9.17, 15) is 9.90 Å². The Morgan fingerprint density at radius 1 is 1.21 bits per heavy atom. The first-order chi connectivity index (χ1) is 11.4. The van der Waals surface area contributed by atoms with Crippen molar-refractivity contribution in [3.05, 3.63) is 36.2 Å². The molecule has 0 aliphatic carbocycles. The summed E-state index contributed by atoms with van der Waals surface area (Å²) < 4.78 is 5.56. The predicted molar refractivity (Wildman–Crippen MR) is 90.3 cm³/mol. The van der Waals surface area contributed by atoms with Crippen molar-refractivity contribution >= 4 is 6.03 Å². The Hall–Kier alpha value is -2.41. The molecule has 1 aromatic heterocycles. The molecule has 0 aliphatic heterocycles. The minimum absolute atomic E-state index is 0.202. The molecule has 3 N–H and O–H groups in total. The number of nitrogens with zero attached hydrogens (tertiary/aromatic N) is 2. The summed E-state index contributed by atoms with van der Waals surface area (Å²) >= 11 is 0. The highest BCUT2D eigenvalue weighted by Gasteiger charge is 2.22. The first kappa shape index (κ1) is 17.9. The molecule has 7 heteroatoms. The fourth-order valence-electron chi connectivity index (χ4n) is 1.89. The minimum Gasteiger partial charge on any atom is -0.421 e. The van der Waals surface area contributed by atoms with Gasteiger partial charge in [0.25, 0.3) is 0 Å². The van der Waals surface area contributed by atoms with E-state index in [0.717, 1.165) is 5.56 Å². The molecule has 1 heterocycles. The Kier molecular flexibility index (Phi) is 5.92. The van der Waals surface area contributed by atoms with Gasteiger partial charge in [0.2, 0.25) is 11.8 Å². The lowest BCUT2D eigenvalue weighted by molar-refractivity contribution is 0.0650. The molecule has 0 fully saturated rings. The number of carbonyl (C=O) groups is 1. The van der Waals surface area contributed by atoms with Crippen molar-refractivity contribution in [2.24, 2.45) is 5.41 Å². The van der Waals surface area contributed by atoms with E-state index in [1.165, 1.54) is 0 Å². The van der Waals surface area contributed by atoms with Crippen molar-refractivity contribution in [1.29, 1.82) is 0 Å². The zero-order valence-electron chi connectivity index (χ0n) is 14.2. The van der Waals surface area contributed by atoms with E-state index in [2.05, 4.69) is 20.8 Å². The van der Waals surface area contributed by atoms with Gasteiger partial charge in [0, 0.05) is 25.1 Å². The third kappa shape index (κ3) is 5.34. The molecular formula is C17H24N4O3. The molecule has 130 valence electrons. The summed E-state index contributed by atoms with van der Waals surface area (Å²) in [5.41, 5.74) is 0.586. The molecule has 0 spiro atoms. The van der Waals surface area contributed by atoms with Crippen LogP contribution < -0.4 is 10.6 Å². The molecule has 2 rings (SSSR count). The summed E-state index contributed by atoms with van der Waals surface area (Å²) in [7, 11) is 0. The Bertz CT molecular complexity index is 649. The average molecular weight is 332 g/mol. The molecule has 0 saturated carbocycles. The van der Waals surface area contributed by atoms with Gasteiger partial charge in [0.15, 0.2) is 0 Å². The first-order valence-electron chi connectivity index (χ1n) is 7.94. The van der Waals surface area contributed by atoms with Crippen molar-refractivity contribution < 1.29 is 14.3 Å². The van der Waals surface area contributed by atoms with Crippen molar-refractivity contribution in [1.82, 2.24) is 20.8 Å². The molecular weight excluding hydrogens is 308 g/mol. The maximum atomic E-state index is 11.7. The average Bonchev–Trinajstić information content (AvgIpc) is 3.01. The minimum atomic E-state index is -0.604. The van der Waals surface area contributed by atoms with Crippen molar-refractivity contribution in [2.45, 2.75) is 33.3 Å². The van der Waals surface area contributed by atoms with Crippen LogP contribution in [0.2, 0.25) is 0 Å². The van der Waals surface area contributed by atoms with Gasteiger partial charge in [-0.25, -0.2) is 4.79 Å². The summed E-state index contributed by atoms with van der Waals surface area (Å²) in [6.07, 6.45) is -0.164. The highest BCUT2D eigenvalue weighted by Crippen LogP contribution is 2.18. The number of urea groups is 1. The lowest BCUT2D eigenvalue weighted by atomic mass is 9.89. The van der Waals surface area contributed by atoms with E-state index in [4.69, 9.17) is 4.42 Å². The molecule has 1 aromatic carbocycles. The van der Waals surface area contributed by atoms with Crippen molar-refractivity contribution in [3.8, 4) is 11.5 Å². The van der Waals surface area contributed by atoms with Crippen LogP contribution >= 0.6 is 0 Å². The highest BCUT2D eigenvalue weighted by molar-refractivity contribution is 5.73. The van der Waals surface area contributed by atoms with E-state index < -0.39 is 6.10 Å². The molecule has 7 nitrogen and oxygen atoms in total. The van der Waals surface area contributed by atoms with E-state index >= 15 is 0 Å². The summed E-state index contributed by atoms with van der Waals surface area (Å²) in [4.78, 5) is 11.7. The van der Waals surface area contributed by atoms with E-state index in [-0.39, 0.29) is 18.0 Å². The van der Waals surface area contributed by atoms with Gasteiger partial charge in [0.1, 0.15) is 0 Å². The first-order valence-corrected chi connectivity index (χ1v) is 7.94. The quantitative estimate of drug-likeness (QED) is 0.751. The number of aliphatic hydroxyl groups is 1. The van der Waals surface area contributed by atoms with Gasteiger partial charge in [-0.3, -0.25) is 0 Å². The summed E-state index contributed by atoms with van der Waals surface area (Å²) in [5.74, 6) is 0.923. The summed E-state index contributed by atoms with van der Waals surface area (Å²) in [5, 5.41) is 23.2. The molecule has 0 saturated heterocycles. The summed E-state index contributed by atoms with van der Waals surface area (Å²) in [6, 6.07) is 9.17. The summed E-state index contributed by atoms with van der Waals surface area (Å²) in [6.45, 7) is 6.31. The SMILES string of the molecule is CC(C)(C)C(O)CNC(=O)NCCc1nnc(-c2ccccc2)o1. The third-order valence-corrected chi connectivity index (χ3v) is 3.57. The van der Waals surface area contributed by atoms with Gasteiger partial charge in [-0.1, -0.05) is 39.0 Å². The Morgan fingerprint density at radius 2 is 1.92 bits per heavy atom. The second-order valence-electron chi connectivity index (χ2n) is 6.64. The van der Waals surface area contributed by atoms with E-state index in [1.54, 1.807) is 0 Å². The maximum Gasteiger partial charge on any atom is 0.314 e.